The topological polar surface area (TPSA) is 95.6 Å². The molecule has 8 heteroatoms. The number of likely N-dealkylation sites (N-methyl/N-ethyl adjacent to an activating group) is 1. The van der Waals surface area contributed by atoms with Gasteiger partial charge in [0.05, 0.1) is 5.75 Å². The number of amides is 2. The van der Waals surface area contributed by atoms with E-state index in [1.807, 2.05) is 19.1 Å². The van der Waals surface area contributed by atoms with E-state index in [1.54, 1.807) is 36.4 Å². The van der Waals surface area contributed by atoms with E-state index in [-0.39, 0.29) is 11.7 Å². The van der Waals surface area contributed by atoms with Crippen LogP contribution in [0.15, 0.2) is 48.5 Å². The third kappa shape index (κ3) is 8.51. The molecular formula is C23H31N3O4S. The minimum Gasteiger partial charge on any atom is -0.351 e. The van der Waals surface area contributed by atoms with Gasteiger partial charge in [0.2, 0.25) is 5.91 Å². The number of anilines is 1. The Labute approximate surface area is 184 Å². The molecule has 0 heterocycles. The maximum absolute atomic E-state index is 12.5. The van der Waals surface area contributed by atoms with Gasteiger partial charge >= 0.3 is 0 Å². The summed E-state index contributed by atoms with van der Waals surface area (Å²) >= 11 is 0. The first-order valence-electron chi connectivity index (χ1n) is 10.4. The Bertz CT molecular complexity index is 984. The van der Waals surface area contributed by atoms with Crippen molar-refractivity contribution in [2.75, 3.05) is 37.2 Å². The molecule has 2 rings (SSSR count). The van der Waals surface area contributed by atoms with E-state index in [2.05, 4.69) is 29.4 Å². The molecule has 0 spiro atoms. The van der Waals surface area contributed by atoms with Crippen molar-refractivity contribution in [3.63, 3.8) is 0 Å². The van der Waals surface area contributed by atoms with Gasteiger partial charge in [0.1, 0.15) is 5.75 Å². The molecule has 0 aliphatic heterocycles. The summed E-state index contributed by atoms with van der Waals surface area (Å²) in [7, 11) is -3.69. The smallest absolute Gasteiger partial charge is 0.251 e. The summed E-state index contributed by atoms with van der Waals surface area (Å²) in [6, 6.07) is 13.6. The fourth-order valence-electron chi connectivity index (χ4n) is 3.11. The molecule has 2 aromatic carbocycles. The number of sulfone groups is 1. The lowest BCUT2D eigenvalue weighted by molar-refractivity contribution is -0.113. The average Bonchev–Trinajstić information content (AvgIpc) is 2.72. The van der Waals surface area contributed by atoms with Gasteiger partial charge in [-0.15, -0.1) is 0 Å². The lowest BCUT2D eigenvalue weighted by Gasteiger charge is -2.18. The molecule has 0 aromatic heterocycles. The molecule has 2 N–H and O–H groups in total. The lowest BCUT2D eigenvalue weighted by Crippen LogP contribution is -2.34. The number of nitrogens with one attached hydrogen (secondary N) is 2. The van der Waals surface area contributed by atoms with Crippen molar-refractivity contribution in [1.29, 1.82) is 0 Å². The Hall–Kier alpha value is -2.71. The van der Waals surface area contributed by atoms with Crippen LogP contribution < -0.4 is 10.6 Å². The van der Waals surface area contributed by atoms with Crippen LogP contribution in [-0.4, -0.2) is 57.1 Å². The van der Waals surface area contributed by atoms with Crippen molar-refractivity contribution in [1.82, 2.24) is 10.2 Å². The van der Waals surface area contributed by atoms with Crippen LogP contribution in [-0.2, 0) is 20.4 Å². The third-order valence-electron chi connectivity index (χ3n) is 4.87. The zero-order valence-corrected chi connectivity index (χ0v) is 19.2. The van der Waals surface area contributed by atoms with Crippen LogP contribution in [0, 0.1) is 6.92 Å². The van der Waals surface area contributed by atoms with Crippen LogP contribution in [0.2, 0.25) is 0 Å². The van der Waals surface area contributed by atoms with E-state index in [0.717, 1.165) is 25.2 Å². The molecule has 2 amide bonds. The molecule has 0 radical (unpaired) electrons. The van der Waals surface area contributed by atoms with Crippen LogP contribution in [0.1, 0.15) is 35.3 Å². The zero-order valence-electron chi connectivity index (χ0n) is 18.3. The maximum Gasteiger partial charge on any atom is 0.251 e. The van der Waals surface area contributed by atoms with Gasteiger partial charge in [0.15, 0.2) is 9.84 Å². The van der Waals surface area contributed by atoms with E-state index in [0.29, 0.717) is 23.4 Å². The quantitative estimate of drug-likeness (QED) is 0.554. The molecule has 7 nitrogen and oxygen atoms in total. The average molecular weight is 446 g/mol. The Balaban J connectivity index is 1.93. The number of hydrogen-bond acceptors (Lipinski definition) is 5. The zero-order chi connectivity index (χ0) is 22.9. The summed E-state index contributed by atoms with van der Waals surface area (Å²) in [5.41, 5.74) is 2.47. The van der Waals surface area contributed by atoms with E-state index >= 15 is 0 Å². The van der Waals surface area contributed by atoms with Crippen LogP contribution in [0.25, 0.3) is 0 Å². The normalized spacial score (nSPS) is 11.4. The van der Waals surface area contributed by atoms with Crippen molar-refractivity contribution in [2.45, 2.75) is 26.5 Å². The van der Waals surface area contributed by atoms with Crippen molar-refractivity contribution < 1.29 is 18.0 Å². The monoisotopic (exact) mass is 445 g/mol. The first-order valence-corrected chi connectivity index (χ1v) is 12.2. The number of aryl methyl sites for hydroxylation is 1. The molecule has 0 aliphatic carbocycles. The molecule has 168 valence electrons. The summed E-state index contributed by atoms with van der Waals surface area (Å²) in [6.07, 6.45) is 0. The highest BCUT2D eigenvalue weighted by Gasteiger charge is 2.18. The predicted octanol–water partition coefficient (Wildman–Crippen LogP) is 2.62. The van der Waals surface area contributed by atoms with Crippen molar-refractivity contribution >= 4 is 27.3 Å². The highest BCUT2D eigenvalue weighted by atomic mass is 32.2. The van der Waals surface area contributed by atoms with Gasteiger partial charge in [0, 0.05) is 24.3 Å². The Kier molecular flexibility index (Phi) is 9.21. The van der Waals surface area contributed by atoms with Crippen LogP contribution in [0.3, 0.4) is 0 Å². The van der Waals surface area contributed by atoms with Crippen molar-refractivity contribution in [3.05, 3.63) is 65.2 Å². The van der Waals surface area contributed by atoms with Gasteiger partial charge in [-0.2, -0.15) is 0 Å². The first kappa shape index (κ1) is 24.6. The SMILES string of the molecule is CCN(CC)CCNC(=O)c1cccc(CS(=O)(=O)CC(=O)Nc2ccc(C)cc2)c1. The van der Waals surface area contributed by atoms with Crippen LogP contribution in [0.5, 0.6) is 0 Å². The van der Waals surface area contributed by atoms with E-state index < -0.39 is 21.5 Å². The van der Waals surface area contributed by atoms with E-state index in [9.17, 15) is 18.0 Å². The fraction of sp³-hybridized carbons (Fsp3) is 0.391. The predicted molar refractivity (Wildman–Crippen MR) is 124 cm³/mol. The molecule has 0 fully saturated rings. The summed E-state index contributed by atoms with van der Waals surface area (Å²) in [5.74, 6) is -1.77. The summed E-state index contributed by atoms with van der Waals surface area (Å²) < 4.78 is 25.0. The second-order valence-electron chi connectivity index (χ2n) is 7.43. The standard InChI is InChI=1S/C23H31N3O4S/c1-4-26(5-2)14-13-24-23(28)20-8-6-7-19(15-20)16-31(29,30)17-22(27)25-21-11-9-18(3)10-12-21/h6-12,15H,4-5,13-14,16-17H2,1-3H3,(H,24,28)(H,25,27). The van der Waals surface area contributed by atoms with E-state index in [4.69, 9.17) is 0 Å². The van der Waals surface area contributed by atoms with Crippen molar-refractivity contribution in [2.24, 2.45) is 0 Å². The second-order valence-corrected chi connectivity index (χ2v) is 9.49. The van der Waals surface area contributed by atoms with Crippen molar-refractivity contribution in [3.8, 4) is 0 Å². The molecular weight excluding hydrogens is 414 g/mol. The van der Waals surface area contributed by atoms with Gasteiger partial charge in [-0.25, -0.2) is 8.42 Å². The molecule has 0 saturated carbocycles. The highest BCUT2D eigenvalue weighted by Crippen LogP contribution is 2.12. The lowest BCUT2D eigenvalue weighted by atomic mass is 10.1. The number of carbonyl (C=O) groups is 2. The molecule has 2 aromatic rings. The van der Waals surface area contributed by atoms with Crippen LogP contribution in [0.4, 0.5) is 5.69 Å². The number of carbonyl (C=O) groups excluding carboxylic acids is 2. The Morgan fingerprint density at radius 1 is 1.00 bits per heavy atom. The number of rotatable bonds is 11. The van der Waals surface area contributed by atoms with E-state index in [1.165, 1.54) is 0 Å². The van der Waals surface area contributed by atoms with Gasteiger partial charge in [-0.05, 0) is 49.8 Å². The van der Waals surface area contributed by atoms with Gasteiger partial charge in [-0.1, -0.05) is 43.7 Å². The van der Waals surface area contributed by atoms with Gasteiger partial charge < -0.3 is 15.5 Å². The molecule has 0 aliphatic rings. The Morgan fingerprint density at radius 3 is 2.32 bits per heavy atom. The summed E-state index contributed by atoms with van der Waals surface area (Å²) in [4.78, 5) is 26.7. The number of nitrogens with zero attached hydrogens (tertiary/aromatic N) is 1. The first-order chi connectivity index (χ1) is 14.7. The molecule has 0 bridgehead atoms. The molecule has 0 saturated heterocycles. The third-order valence-corrected chi connectivity index (χ3v) is 6.35. The number of hydrogen-bond donors (Lipinski definition) is 2. The van der Waals surface area contributed by atoms with Gasteiger partial charge in [0.25, 0.3) is 5.91 Å². The molecule has 0 unspecified atom stereocenters. The largest absolute Gasteiger partial charge is 0.351 e. The van der Waals surface area contributed by atoms with Crippen LogP contribution >= 0.6 is 0 Å². The number of benzene rings is 2. The molecule has 31 heavy (non-hydrogen) atoms. The fourth-order valence-corrected chi connectivity index (χ4v) is 4.37. The molecule has 0 atom stereocenters. The second kappa shape index (κ2) is 11.6. The minimum absolute atomic E-state index is 0.247. The minimum atomic E-state index is -3.69. The van der Waals surface area contributed by atoms with Gasteiger partial charge in [-0.3, -0.25) is 9.59 Å². The highest BCUT2D eigenvalue weighted by molar-refractivity contribution is 7.91. The Morgan fingerprint density at radius 2 is 1.68 bits per heavy atom. The maximum atomic E-state index is 12.5. The summed E-state index contributed by atoms with van der Waals surface area (Å²) in [5, 5.41) is 5.45. The summed E-state index contributed by atoms with van der Waals surface area (Å²) in [6.45, 7) is 9.15.